The van der Waals surface area contributed by atoms with Crippen molar-refractivity contribution in [2.24, 2.45) is 0 Å². The summed E-state index contributed by atoms with van der Waals surface area (Å²) >= 11 is 0. The summed E-state index contributed by atoms with van der Waals surface area (Å²) in [6, 6.07) is 14.2. The van der Waals surface area contributed by atoms with Crippen LogP contribution in [-0.4, -0.2) is 72.2 Å². The topological polar surface area (TPSA) is 104 Å². The zero-order valence-corrected chi connectivity index (χ0v) is 24.2. The van der Waals surface area contributed by atoms with Crippen molar-refractivity contribution in [1.29, 1.82) is 0 Å². The number of sulfonamides is 1. The third kappa shape index (κ3) is 9.15. The van der Waals surface area contributed by atoms with E-state index < -0.39 is 32.6 Å². The van der Waals surface area contributed by atoms with E-state index in [1.54, 1.807) is 13.0 Å². The average molecular weight is 580 g/mol. The second-order valence-electron chi connectivity index (χ2n) is 9.81. The molecule has 0 aromatic heterocycles. The monoisotopic (exact) mass is 579 g/mol. The number of rotatable bonds is 14. The average Bonchev–Trinajstić information content (AvgIpc) is 3.44. The number of anilines is 1. The maximum Gasteiger partial charge on any atom is 0.243 e. The molecule has 0 spiro atoms. The summed E-state index contributed by atoms with van der Waals surface area (Å²) < 4.78 is 64.8. The Morgan fingerprint density at radius 2 is 1.72 bits per heavy atom. The molecular weight excluding hydrogens is 541 g/mol. The summed E-state index contributed by atoms with van der Waals surface area (Å²) in [6.45, 7) is 2.88. The Hall–Kier alpha value is -2.76. The molecule has 1 amide bonds. The molecule has 0 radical (unpaired) electrons. The van der Waals surface area contributed by atoms with E-state index in [9.17, 15) is 26.0 Å². The first-order valence-electron chi connectivity index (χ1n) is 13.2. The fourth-order valence-electron chi connectivity index (χ4n) is 4.54. The molecule has 1 aliphatic heterocycles. The second-order valence-corrected chi connectivity index (χ2v) is 13.6. The van der Waals surface area contributed by atoms with Gasteiger partial charge in [0.05, 0.1) is 11.6 Å². The number of nitrogens with zero attached hydrogens (tertiary/aromatic N) is 2. The lowest BCUT2D eigenvalue weighted by molar-refractivity contribution is -0.121. The van der Waals surface area contributed by atoms with Crippen LogP contribution in [0.15, 0.2) is 64.9 Å². The minimum atomic E-state index is -4.00. The Morgan fingerprint density at radius 1 is 1.05 bits per heavy atom. The van der Waals surface area contributed by atoms with Crippen LogP contribution in [0.25, 0.3) is 11.1 Å². The number of benzene rings is 2. The number of amides is 1. The van der Waals surface area contributed by atoms with Crippen LogP contribution in [-0.2, 0) is 24.7 Å². The Labute approximate surface area is 231 Å². The van der Waals surface area contributed by atoms with Crippen molar-refractivity contribution < 1.29 is 26.0 Å². The molecule has 1 aliphatic rings. The number of hydrogen-bond donors (Lipinski definition) is 1. The van der Waals surface area contributed by atoms with Crippen LogP contribution in [0.1, 0.15) is 39.0 Å². The lowest BCUT2D eigenvalue weighted by Gasteiger charge is -2.25. The number of hydrogen-bond acceptors (Lipinski definition) is 6. The molecule has 2 aromatic carbocycles. The molecule has 0 bridgehead atoms. The molecule has 1 heterocycles. The van der Waals surface area contributed by atoms with Gasteiger partial charge in [0.15, 0.2) is 9.84 Å². The number of carbonyl (C=O) groups is 1. The highest BCUT2D eigenvalue weighted by Gasteiger charge is 2.28. The molecule has 214 valence electrons. The number of nitrogens with one attached hydrogen (secondary N) is 1. The third-order valence-corrected chi connectivity index (χ3v) is 9.10. The van der Waals surface area contributed by atoms with E-state index in [1.165, 1.54) is 10.4 Å². The summed E-state index contributed by atoms with van der Waals surface area (Å²) in [4.78, 5) is 14.8. The van der Waals surface area contributed by atoms with E-state index in [2.05, 4.69) is 10.2 Å². The van der Waals surface area contributed by atoms with Crippen molar-refractivity contribution in [3.05, 3.63) is 60.0 Å². The van der Waals surface area contributed by atoms with Crippen LogP contribution in [0.4, 0.5) is 10.1 Å². The van der Waals surface area contributed by atoms with Crippen LogP contribution >= 0.6 is 0 Å². The summed E-state index contributed by atoms with van der Waals surface area (Å²) in [5.41, 5.74) is 2.34. The van der Waals surface area contributed by atoms with Crippen LogP contribution in [0, 0.1) is 0 Å². The predicted molar refractivity (Wildman–Crippen MR) is 153 cm³/mol. The summed E-state index contributed by atoms with van der Waals surface area (Å²) in [5, 5.41) is 3.71. The molecule has 3 rings (SSSR count). The van der Waals surface area contributed by atoms with Crippen LogP contribution in [0.5, 0.6) is 0 Å². The standard InChI is InChI=1S/C28H38FN3O5S2/c1-23(15-21-38(2,34)35)30-28(33)12-8-19-32(20-9-16-29)39(36,37)27-14-13-25(31-17-6-7-18-31)22-26(27)24-10-4-3-5-11-24/h3-5,10-11,13-15,21-23H,6-9,12,16-20H2,1-2H3,(H,30,33)/b21-15-/t23-/m1/s1. The molecule has 1 atom stereocenters. The van der Waals surface area contributed by atoms with Gasteiger partial charge in [0, 0.05) is 61.6 Å². The van der Waals surface area contributed by atoms with Crippen LogP contribution < -0.4 is 10.2 Å². The van der Waals surface area contributed by atoms with Crippen molar-refractivity contribution in [3.63, 3.8) is 0 Å². The quantitative estimate of drug-likeness (QED) is 0.361. The third-order valence-electron chi connectivity index (χ3n) is 6.49. The first-order valence-corrected chi connectivity index (χ1v) is 16.6. The molecule has 11 heteroatoms. The fraction of sp³-hybridized carbons (Fsp3) is 0.464. The van der Waals surface area contributed by atoms with Gasteiger partial charge < -0.3 is 10.2 Å². The Kier molecular flexibility index (Phi) is 11.1. The van der Waals surface area contributed by atoms with E-state index in [0.717, 1.165) is 48.8 Å². The van der Waals surface area contributed by atoms with Gasteiger partial charge in [-0.05, 0) is 56.4 Å². The van der Waals surface area contributed by atoms with Gasteiger partial charge in [-0.15, -0.1) is 0 Å². The zero-order valence-electron chi connectivity index (χ0n) is 22.6. The smallest absolute Gasteiger partial charge is 0.243 e. The Balaban J connectivity index is 1.80. The van der Waals surface area contributed by atoms with Gasteiger partial charge >= 0.3 is 0 Å². The Bertz CT molecular complexity index is 1340. The van der Waals surface area contributed by atoms with E-state index in [-0.39, 0.29) is 43.2 Å². The highest BCUT2D eigenvalue weighted by Crippen LogP contribution is 2.34. The molecule has 1 fully saturated rings. The minimum Gasteiger partial charge on any atom is -0.372 e. The van der Waals surface area contributed by atoms with Crippen molar-refractivity contribution in [1.82, 2.24) is 9.62 Å². The largest absolute Gasteiger partial charge is 0.372 e. The number of sulfone groups is 1. The van der Waals surface area contributed by atoms with E-state index in [4.69, 9.17) is 0 Å². The number of halogens is 1. The summed E-state index contributed by atoms with van der Waals surface area (Å²) in [7, 11) is -7.30. The molecule has 1 N–H and O–H groups in total. The Morgan fingerprint density at radius 3 is 2.36 bits per heavy atom. The fourth-order valence-corrected chi connectivity index (χ4v) is 6.77. The highest BCUT2D eigenvalue weighted by atomic mass is 32.2. The number of carbonyl (C=O) groups excluding carboxylic acids is 1. The highest BCUT2D eigenvalue weighted by molar-refractivity contribution is 7.93. The lowest BCUT2D eigenvalue weighted by atomic mass is 10.0. The molecule has 0 unspecified atom stereocenters. The summed E-state index contributed by atoms with van der Waals surface area (Å²) in [5.74, 6) is -0.330. The predicted octanol–water partition coefficient (Wildman–Crippen LogP) is 4.15. The van der Waals surface area contributed by atoms with Crippen molar-refractivity contribution >= 4 is 31.5 Å². The van der Waals surface area contributed by atoms with Crippen molar-refractivity contribution in [2.75, 3.05) is 44.0 Å². The maximum absolute atomic E-state index is 13.9. The molecule has 0 aliphatic carbocycles. The number of alkyl halides is 1. The first-order chi connectivity index (χ1) is 18.5. The molecule has 8 nitrogen and oxygen atoms in total. The SMILES string of the molecule is C[C@H](/C=C\S(C)(=O)=O)NC(=O)CCCN(CCCF)S(=O)(=O)c1ccc(N2CCCC2)cc1-c1ccccc1. The normalized spacial score (nSPS) is 15.2. The maximum atomic E-state index is 13.9. The van der Waals surface area contributed by atoms with Gasteiger partial charge in [-0.25, -0.2) is 16.8 Å². The molecule has 39 heavy (non-hydrogen) atoms. The summed E-state index contributed by atoms with van der Waals surface area (Å²) in [6.07, 6.45) is 4.95. The first kappa shape index (κ1) is 30.8. The van der Waals surface area contributed by atoms with Gasteiger partial charge in [-0.2, -0.15) is 4.31 Å². The van der Waals surface area contributed by atoms with Gasteiger partial charge in [0.1, 0.15) is 0 Å². The van der Waals surface area contributed by atoms with Gasteiger partial charge in [0.25, 0.3) is 0 Å². The van der Waals surface area contributed by atoms with Gasteiger partial charge in [0.2, 0.25) is 15.9 Å². The molecule has 0 saturated carbocycles. The molecule has 1 saturated heterocycles. The minimum absolute atomic E-state index is 0.00391. The van der Waals surface area contributed by atoms with Crippen molar-refractivity contribution in [3.8, 4) is 11.1 Å². The van der Waals surface area contributed by atoms with Crippen molar-refractivity contribution in [2.45, 2.75) is 50.0 Å². The molecular formula is C28H38FN3O5S2. The van der Waals surface area contributed by atoms with Crippen LogP contribution in [0.3, 0.4) is 0 Å². The van der Waals surface area contributed by atoms with Gasteiger partial charge in [-0.3, -0.25) is 9.18 Å². The van der Waals surface area contributed by atoms with E-state index >= 15 is 0 Å². The van der Waals surface area contributed by atoms with Gasteiger partial charge in [-0.1, -0.05) is 36.4 Å². The van der Waals surface area contributed by atoms with E-state index in [1.807, 2.05) is 42.5 Å². The molecule has 2 aromatic rings. The van der Waals surface area contributed by atoms with E-state index in [0.29, 0.717) is 5.56 Å². The van der Waals surface area contributed by atoms with Crippen LogP contribution in [0.2, 0.25) is 0 Å². The second kappa shape index (κ2) is 14.0. The lowest BCUT2D eigenvalue weighted by Crippen LogP contribution is -2.35. The zero-order chi connectivity index (χ0) is 28.5.